The van der Waals surface area contributed by atoms with Gasteiger partial charge in [-0.05, 0) is 42.0 Å². The summed E-state index contributed by atoms with van der Waals surface area (Å²) >= 11 is 5.07. The van der Waals surface area contributed by atoms with Gasteiger partial charge in [-0.15, -0.1) is 0 Å². The SMILES string of the molecule is COCC(C)NC(=S)NNC(=O)c1cc2ccccc2cc1O. The van der Waals surface area contributed by atoms with E-state index in [0.29, 0.717) is 6.61 Å². The molecule has 0 bridgehead atoms. The van der Waals surface area contributed by atoms with E-state index in [1.54, 1.807) is 19.2 Å². The molecule has 0 spiro atoms. The number of fused-ring (bicyclic) bond motifs is 1. The van der Waals surface area contributed by atoms with Crippen molar-refractivity contribution in [3.05, 3.63) is 42.0 Å². The lowest BCUT2D eigenvalue weighted by atomic mass is 10.1. The summed E-state index contributed by atoms with van der Waals surface area (Å²) < 4.78 is 4.99. The molecular formula is C16H19N3O3S. The normalized spacial score (nSPS) is 11.7. The largest absolute Gasteiger partial charge is 0.507 e. The Labute approximate surface area is 139 Å². The van der Waals surface area contributed by atoms with Crippen LogP contribution in [0.2, 0.25) is 0 Å². The fourth-order valence-electron chi connectivity index (χ4n) is 2.14. The van der Waals surface area contributed by atoms with Crippen LogP contribution in [0.4, 0.5) is 0 Å². The molecule has 122 valence electrons. The van der Waals surface area contributed by atoms with Crippen LogP contribution in [0.15, 0.2) is 36.4 Å². The zero-order chi connectivity index (χ0) is 16.8. The van der Waals surface area contributed by atoms with Crippen molar-refractivity contribution >= 4 is 34.0 Å². The number of rotatable bonds is 4. The molecule has 6 nitrogen and oxygen atoms in total. The van der Waals surface area contributed by atoms with Gasteiger partial charge in [-0.1, -0.05) is 24.3 Å². The quantitative estimate of drug-likeness (QED) is 0.503. The molecule has 1 unspecified atom stereocenters. The zero-order valence-electron chi connectivity index (χ0n) is 12.9. The fraction of sp³-hybridized carbons (Fsp3) is 0.250. The molecule has 4 N–H and O–H groups in total. The van der Waals surface area contributed by atoms with Gasteiger partial charge in [-0.25, -0.2) is 0 Å². The van der Waals surface area contributed by atoms with Gasteiger partial charge in [0.15, 0.2) is 5.11 Å². The van der Waals surface area contributed by atoms with Crippen molar-refractivity contribution in [3.63, 3.8) is 0 Å². The second kappa shape index (κ2) is 7.75. The topological polar surface area (TPSA) is 82.6 Å². The second-order valence-electron chi connectivity index (χ2n) is 5.13. The van der Waals surface area contributed by atoms with E-state index in [1.807, 2.05) is 31.2 Å². The minimum absolute atomic E-state index is 0.00553. The molecule has 0 heterocycles. The number of carbonyl (C=O) groups is 1. The Bertz CT molecular complexity index is 721. The summed E-state index contributed by atoms with van der Waals surface area (Å²) in [6, 6.07) is 10.7. The third-order valence-corrected chi connectivity index (χ3v) is 3.41. The van der Waals surface area contributed by atoms with Gasteiger partial charge in [0.25, 0.3) is 5.91 Å². The van der Waals surface area contributed by atoms with Crippen LogP contribution < -0.4 is 16.2 Å². The molecule has 0 radical (unpaired) electrons. The summed E-state index contributed by atoms with van der Waals surface area (Å²) in [7, 11) is 1.60. The fourth-order valence-corrected chi connectivity index (χ4v) is 2.39. The average Bonchev–Trinajstić information content (AvgIpc) is 2.52. The molecule has 1 amide bonds. The van der Waals surface area contributed by atoms with Crippen LogP contribution in [-0.2, 0) is 4.74 Å². The Morgan fingerprint density at radius 3 is 2.57 bits per heavy atom. The number of phenols is 1. The Morgan fingerprint density at radius 1 is 1.26 bits per heavy atom. The number of hydrazine groups is 1. The van der Waals surface area contributed by atoms with Crippen molar-refractivity contribution in [2.45, 2.75) is 13.0 Å². The highest BCUT2D eigenvalue weighted by Gasteiger charge is 2.13. The van der Waals surface area contributed by atoms with Crippen molar-refractivity contribution in [1.82, 2.24) is 16.2 Å². The molecule has 7 heteroatoms. The van der Waals surface area contributed by atoms with Gasteiger partial charge in [0, 0.05) is 13.2 Å². The molecule has 0 aliphatic carbocycles. The lowest BCUT2D eigenvalue weighted by Gasteiger charge is -2.16. The summed E-state index contributed by atoms with van der Waals surface area (Å²) in [6.07, 6.45) is 0. The summed E-state index contributed by atoms with van der Waals surface area (Å²) in [5.41, 5.74) is 5.23. The molecule has 2 rings (SSSR count). The molecule has 2 aromatic rings. The first-order valence-electron chi connectivity index (χ1n) is 7.09. The predicted octanol–water partition coefficient (Wildman–Crippen LogP) is 1.69. The molecule has 0 saturated carbocycles. The summed E-state index contributed by atoms with van der Waals surface area (Å²) in [5, 5.41) is 14.9. The third kappa shape index (κ3) is 4.54. The number of hydrogen-bond acceptors (Lipinski definition) is 4. The van der Waals surface area contributed by atoms with Crippen LogP contribution in [0.25, 0.3) is 10.8 Å². The van der Waals surface area contributed by atoms with Gasteiger partial charge in [-0.2, -0.15) is 0 Å². The highest BCUT2D eigenvalue weighted by Crippen LogP contribution is 2.24. The van der Waals surface area contributed by atoms with Gasteiger partial charge in [-0.3, -0.25) is 15.6 Å². The van der Waals surface area contributed by atoms with E-state index >= 15 is 0 Å². The van der Waals surface area contributed by atoms with Crippen LogP contribution in [0.5, 0.6) is 5.75 Å². The molecule has 0 aromatic heterocycles. The molecule has 0 saturated heterocycles. The number of benzene rings is 2. The molecule has 1 atom stereocenters. The van der Waals surface area contributed by atoms with E-state index in [9.17, 15) is 9.90 Å². The van der Waals surface area contributed by atoms with Crippen molar-refractivity contribution in [2.24, 2.45) is 0 Å². The molecule has 2 aromatic carbocycles. The van der Waals surface area contributed by atoms with Crippen LogP contribution in [0, 0.1) is 0 Å². The highest BCUT2D eigenvalue weighted by molar-refractivity contribution is 7.80. The number of carbonyl (C=O) groups excluding carboxylic acids is 1. The lowest BCUT2D eigenvalue weighted by Crippen LogP contribution is -2.49. The molecular weight excluding hydrogens is 314 g/mol. The first kappa shape index (κ1) is 17.0. The van der Waals surface area contributed by atoms with Crippen molar-refractivity contribution < 1.29 is 14.6 Å². The second-order valence-corrected chi connectivity index (χ2v) is 5.53. The smallest absolute Gasteiger partial charge is 0.273 e. The number of aromatic hydroxyl groups is 1. The zero-order valence-corrected chi connectivity index (χ0v) is 13.7. The minimum Gasteiger partial charge on any atom is -0.507 e. The third-order valence-electron chi connectivity index (χ3n) is 3.19. The van der Waals surface area contributed by atoms with Crippen molar-refractivity contribution in [3.8, 4) is 5.75 Å². The van der Waals surface area contributed by atoms with E-state index in [-0.39, 0.29) is 22.5 Å². The van der Waals surface area contributed by atoms with Crippen LogP contribution >= 0.6 is 12.2 Å². The maximum atomic E-state index is 12.2. The average molecular weight is 333 g/mol. The van der Waals surface area contributed by atoms with E-state index < -0.39 is 5.91 Å². The molecule has 23 heavy (non-hydrogen) atoms. The van der Waals surface area contributed by atoms with Gasteiger partial charge in [0.1, 0.15) is 5.75 Å². The van der Waals surface area contributed by atoms with Crippen LogP contribution in [-0.4, -0.2) is 35.9 Å². The molecule has 0 aliphatic rings. The maximum Gasteiger partial charge on any atom is 0.273 e. The number of phenolic OH excluding ortho intramolecular Hbond substituents is 1. The van der Waals surface area contributed by atoms with Crippen molar-refractivity contribution in [1.29, 1.82) is 0 Å². The summed E-state index contributed by atoms with van der Waals surface area (Å²) in [4.78, 5) is 12.2. The van der Waals surface area contributed by atoms with Crippen LogP contribution in [0.3, 0.4) is 0 Å². The van der Waals surface area contributed by atoms with E-state index in [4.69, 9.17) is 17.0 Å². The van der Waals surface area contributed by atoms with E-state index in [2.05, 4.69) is 16.2 Å². The van der Waals surface area contributed by atoms with Gasteiger partial charge in [0.05, 0.1) is 12.2 Å². The highest BCUT2D eigenvalue weighted by atomic mass is 32.1. The van der Waals surface area contributed by atoms with Crippen LogP contribution in [0.1, 0.15) is 17.3 Å². The molecule has 0 aliphatic heterocycles. The first-order chi connectivity index (χ1) is 11.0. The Kier molecular flexibility index (Phi) is 5.72. The summed E-state index contributed by atoms with van der Waals surface area (Å²) in [5.74, 6) is -0.563. The minimum atomic E-state index is -0.475. The van der Waals surface area contributed by atoms with E-state index in [0.717, 1.165) is 10.8 Å². The predicted molar refractivity (Wildman–Crippen MR) is 93.3 cm³/mol. The number of thiocarbonyl (C=S) groups is 1. The Balaban J connectivity index is 2.01. The van der Waals surface area contributed by atoms with Crippen molar-refractivity contribution in [2.75, 3.05) is 13.7 Å². The first-order valence-corrected chi connectivity index (χ1v) is 7.49. The van der Waals surface area contributed by atoms with Gasteiger partial charge < -0.3 is 15.2 Å². The Hall–Kier alpha value is -2.38. The maximum absolute atomic E-state index is 12.2. The Morgan fingerprint density at radius 2 is 1.91 bits per heavy atom. The monoisotopic (exact) mass is 333 g/mol. The standard InChI is InChI=1S/C16H19N3O3S/c1-10(9-22-2)17-16(23)19-18-15(21)13-7-11-5-3-4-6-12(11)8-14(13)20/h3-8,10,20H,9H2,1-2H3,(H,18,21)(H2,17,19,23). The number of nitrogens with one attached hydrogen (secondary N) is 3. The summed E-state index contributed by atoms with van der Waals surface area (Å²) in [6.45, 7) is 2.38. The van der Waals surface area contributed by atoms with Gasteiger partial charge in [0.2, 0.25) is 0 Å². The number of hydrogen-bond donors (Lipinski definition) is 4. The number of ether oxygens (including phenoxy) is 1. The number of methoxy groups -OCH3 is 1. The van der Waals surface area contributed by atoms with Gasteiger partial charge >= 0.3 is 0 Å². The number of amides is 1. The lowest BCUT2D eigenvalue weighted by molar-refractivity contribution is 0.0941. The molecule has 0 fully saturated rings. The van der Waals surface area contributed by atoms with E-state index in [1.165, 1.54) is 0 Å².